The van der Waals surface area contributed by atoms with Crippen LogP contribution >= 0.6 is 0 Å². The van der Waals surface area contributed by atoms with Crippen molar-refractivity contribution in [1.82, 2.24) is 5.32 Å². The van der Waals surface area contributed by atoms with Gasteiger partial charge in [0.2, 0.25) is 5.91 Å². The van der Waals surface area contributed by atoms with E-state index in [-0.39, 0.29) is 36.8 Å². The summed E-state index contributed by atoms with van der Waals surface area (Å²) in [6, 6.07) is 0. The summed E-state index contributed by atoms with van der Waals surface area (Å²) in [4.78, 5) is 10.9. The Kier molecular flexibility index (Phi) is 3.51. The van der Waals surface area contributed by atoms with Gasteiger partial charge in [-0.25, -0.2) is 8.42 Å². The molecule has 1 heterocycles. The van der Waals surface area contributed by atoms with Crippen molar-refractivity contribution in [2.45, 2.75) is 18.4 Å². The molecule has 0 aromatic carbocycles. The lowest BCUT2D eigenvalue weighted by molar-refractivity contribution is -0.117. The number of carbonyl (C=O) groups is 1. The summed E-state index contributed by atoms with van der Waals surface area (Å²) in [5.74, 6) is -0.405. The van der Waals surface area contributed by atoms with Gasteiger partial charge in [-0.2, -0.15) is 0 Å². The minimum absolute atomic E-state index is 0.0204. The average Bonchev–Trinajstić information content (AvgIpc) is 2.20. The first-order valence-corrected chi connectivity index (χ1v) is 6.52. The molecule has 0 atom stereocenters. The van der Waals surface area contributed by atoms with Crippen LogP contribution in [-0.2, 0) is 14.6 Å². The molecule has 2 N–H and O–H groups in total. The third kappa shape index (κ3) is 3.64. The standard InChI is InChI=1S/C9H15NO4S/c1-2-8(11)10-7-9(12)3-5-15(13,14)6-4-9/h2,12H,1,3-7H2,(H,10,11). The van der Waals surface area contributed by atoms with Gasteiger partial charge in [0.15, 0.2) is 9.84 Å². The molecule has 5 nitrogen and oxygen atoms in total. The van der Waals surface area contributed by atoms with Crippen LogP contribution in [0.1, 0.15) is 12.8 Å². The van der Waals surface area contributed by atoms with Crippen LogP contribution < -0.4 is 5.32 Å². The van der Waals surface area contributed by atoms with E-state index in [9.17, 15) is 18.3 Å². The maximum atomic E-state index is 11.1. The average molecular weight is 233 g/mol. The second kappa shape index (κ2) is 4.32. The van der Waals surface area contributed by atoms with Gasteiger partial charge in [0.25, 0.3) is 0 Å². The van der Waals surface area contributed by atoms with E-state index in [4.69, 9.17) is 0 Å². The third-order valence-electron chi connectivity index (χ3n) is 2.53. The molecule has 0 unspecified atom stereocenters. The van der Waals surface area contributed by atoms with Gasteiger partial charge in [-0.1, -0.05) is 6.58 Å². The van der Waals surface area contributed by atoms with Gasteiger partial charge in [0.1, 0.15) is 0 Å². The van der Waals surface area contributed by atoms with Crippen molar-refractivity contribution < 1.29 is 18.3 Å². The Balaban J connectivity index is 2.48. The summed E-state index contributed by atoms with van der Waals surface area (Å²) < 4.78 is 22.2. The Morgan fingerprint density at radius 3 is 2.47 bits per heavy atom. The number of amides is 1. The maximum Gasteiger partial charge on any atom is 0.243 e. The summed E-state index contributed by atoms with van der Waals surface area (Å²) in [5.41, 5.74) is -1.09. The third-order valence-corrected chi connectivity index (χ3v) is 4.19. The minimum atomic E-state index is -2.99. The van der Waals surface area contributed by atoms with E-state index in [0.717, 1.165) is 6.08 Å². The van der Waals surface area contributed by atoms with Gasteiger partial charge in [-0.3, -0.25) is 4.79 Å². The van der Waals surface area contributed by atoms with E-state index >= 15 is 0 Å². The minimum Gasteiger partial charge on any atom is -0.388 e. The van der Waals surface area contributed by atoms with E-state index < -0.39 is 15.4 Å². The molecular weight excluding hydrogens is 218 g/mol. The molecule has 0 radical (unpaired) electrons. The zero-order chi connectivity index (χ0) is 11.5. The topological polar surface area (TPSA) is 83.5 Å². The molecule has 0 bridgehead atoms. The number of sulfone groups is 1. The molecule has 1 rings (SSSR count). The van der Waals surface area contributed by atoms with Gasteiger partial charge in [0.05, 0.1) is 17.1 Å². The Hall–Kier alpha value is -0.880. The highest BCUT2D eigenvalue weighted by molar-refractivity contribution is 7.91. The van der Waals surface area contributed by atoms with Gasteiger partial charge in [0, 0.05) is 6.54 Å². The summed E-state index contributed by atoms with van der Waals surface area (Å²) in [6.45, 7) is 3.36. The summed E-state index contributed by atoms with van der Waals surface area (Å²) in [6.07, 6.45) is 1.46. The molecule has 6 heteroatoms. The fraction of sp³-hybridized carbons (Fsp3) is 0.667. The predicted octanol–water partition coefficient (Wildman–Crippen LogP) is -0.772. The lowest BCUT2D eigenvalue weighted by atomic mass is 9.97. The number of nitrogens with one attached hydrogen (secondary N) is 1. The number of carbonyl (C=O) groups excluding carboxylic acids is 1. The van der Waals surface area contributed by atoms with Crippen LogP contribution in [0.25, 0.3) is 0 Å². The first kappa shape index (κ1) is 12.2. The Bertz CT molecular complexity index is 346. The van der Waals surface area contributed by atoms with Crippen LogP contribution in [0.5, 0.6) is 0 Å². The van der Waals surface area contributed by atoms with E-state index in [1.807, 2.05) is 0 Å². The summed E-state index contributed by atoms with van der Waals surface area (Å²) in [5, 5.41) is 12.4. The van der Waals surface area contributed by atoms with Crippen LogP contribution in [0.3, 0.4) is 0 Å². The Morgan fingerprint density at radius 1 is 1.47 bits per heavy atom. The van der Waals surface area contributed by atoms with Gasteiger partial charge in [-0.15, -0.1) is 0 Å². The van der Waals surface area contributed by atoms with E-state index in [0.29, 0.717) is 0 Å². The number of hydrogen-bond donors (Lipinski definition) is 2. The molecular formula is C9H15NO4S. The quantitative estimate of drug-likeness (QED) is 0.627. The van der Waals surface area contributed by atoms with E-state index in [1.165, 1.54) is 0 Å². The molecule has 0 aromatic rings. The SMILES string of the molecule is C=CC(=O)NCC1(O)CCS(=O)(=O)CC1. The number of rotatable bonds is 3. The molecule has 0 saturated carbocycles. The Morgan fingerprint density at radius 2 is 2.00 bits per heavy atom. The molecule has 1 fully saturated rings. The molecule has 1 amide bonds. The zero-order valence-corrected chi connectivity index (χ0v) is 9.22. The Labute approximate surface area is 89.1 Å². The molecule has 15 heavy (non-hydrogen) atoms. The highest BCUT2D eigenvalue weighted by Gasteiger charge is 2.35. The van der Waals surface area contributed by atoms with Crippen LogP contribution in [-0.4, -0.2) is 43.1 Å². The van der Waals surface area contributed by atoms with Crippen molar-refractivity contribution in [3.05, 3.63) is 12.7 Å². The van der Waals surface area contributed by atoms with Crippen molar-refractivity contribution >= 4 is 15.7 Å². The molecule has 86 valence electrons. The number of hydrogen-bond acceptors (Lipinski definition) is 4. The van der Waals surface area contributed by atoms with Gasteiger partial charge >= 0.3 is 0 Å². The fourth-order valence-corrected chi connectivity index (χ4v) is 3.00. The van der Waals surface area contributed by atoms with Crippen LogP contribution in [0.15, 0.2) is 12.7 Å². The van der Waals surface area contributed by atoms with Gasteiger partial charge < -0.3 is 10.4 Å². The highest BCUT2D eigenvalue weighted by atomic mass is 32.2. The van der Waals surface area contributed by atoms with E-state index in [1.54, 1.807) is 0 Å². The van der Waals surface area contributed by atoms with Crippen molar-refractivity contribution in [1.29, 1.82) is 0 Å². The summed E-state index contributed by atoms with van der Waals surface area (Å²) in [7, 11) is -2.99. The molecule has 0 aliphatic carbocycles. The van der Waals surface area contributed by atoms with Crippen molar-refractivity contribution in [3.8, 4) is 0 Å². The normalized spacial score (nSPS) is 23.0. The van der Waals surface area contributed by atoms with Crippen LogP contribution in [0.4, 0.5) is 0 Å². The lowest BCUT2D eigenvalue weighted by Gasteiger charge is -2.31. The van der Waals surface area contributed by atoms with Crippen molar-refractivity contribution in [3.63, 3.8) is 0 Å². The highest BCUT2D eigenvalue weighted by Crippen LogP contribution is 2.22. The van der Waals surface area contributed by atoms with Crippen molar-refractivity contribution in [2.24, 2.45) is 0 Å². The van der Waals surface area contributed by atoms with Crippen LogP contribution in [0.2, 0.25) is 0 Å². The molecule has 1 aliphatic rings. The molecule has 0 aromatic heterocycles. The zero-order valence-electron chi connectivity index (χ0n) is 8.40. The largest absolute Gasteiger partial charge is 0.388 e. The maximum absolute atomic E-state index is 11.1. The fourth-order valence-electron chi connectivity index (χ4n) is 1.42. The number of aliphatic hydroxyl groups is 1. The predicted molar refractivity (Wildman–Crippen MR) is 56.0 cm³/mol. The lowest BCUT2D eigenvalue weighted by Crippen LogP contribution is -2.47. The van der Waals surface area contributed by atoms with Crippen molar-refractivity contribution in [2.75, 3.05) is 18.1 Å². The first-order chi connectivity index (χ1) is 6.87. The second-order valence-electron chi connectivity index (χ2n) is 3.80. The monoisotopic (exact) mass is 233 g/mol. The van der Waals surface area contributed by atoms with Crippen LogP contribution in [0, 0.1) is 0 Å². The second-order valence-corrected chi connectivity index (χ2v) is 6.10. The smallest absolute Gasteiger partial charge is 0.243 e. The molecule has 1 saturated heterocycles. The van der Waals surface area contributed by atoms with E-state index in [2.05, 4.69) is 11.9 Å². The van der Waals surface area contributed by atoms with Gasteiger partial charge in [-0.05, 0) is 18.9 Å². The molecule has 1 aliphatic heterocycles. The first-order valence-electron chi connectivity index (χ1n) is 4.70. The summed E-state index contributed by atoms with van der Waals surface area (Å²) >= 11 is 0. The molecule has 0 spiro atoms.